The van der Waals surface area contributed by atoms with Crippen LogP contribution in [0.4, 0.5) is 11.4 Å². The first kappa shape index (κ1) is 22.0. The predicted octanol–water partition coefficient (Wildman–Crippen LogP) is 4.22. The summed E-state index contributed by atoms with van der Waals surface area (Å²) >= 11 is 0. The molecule has 3 N–H and O–H groups in total. The number of carbonyl (C=O) groups excluding carboxylic acids is 2. The summed E-state index contributed by atoms with van der Waals surface area (Å²) in [4.78, 5) is 24.4. The molecule has 29 heavy (non-hydrogen) atoms. The van der Waals surface area contributed by atoms with Crippen molar-refractivity contribution in [3.05, 3.63) is 66.2 Å². The number of rotatable bonds is 10. The van der Waals surface area contributed by atoms with Gasteiger partial charge in [0, 0.05) is 23.0 Å². The van der Waals surface area contributed by atoms with E-state index in [0.29, 0.717) is 17.9 Å². The number of carbonyl (C=O) groups is 2. The molecule has 1 atom stereocenters. The SMILES string of the molecule is C=C(C)COc1ccc(NCC(=O)Nc2cccc(C(=O)NC(C)CC)c2)cc1. The zero-order chi connectivity index (χ0) is 21.2. The summed E-state index contributed by atoms with van der Waals surface area (Å²) in [6, 6.07) is 14.4. The Bertz CT molecular complexity index is 847. The van der Waals surface area contributed by atoms with Gasteiger partial charge in [0.2, 0.25) is 5.91 Å². The molecule has 0 heterocycles. The molecule has 2 aromatic carbocycles. The van der Waals surface area contributed by atoms with Crippen LogP contribution in [0.25, 0.3) is 0 Å². The van der Waals surface area contributed by atoms with Crippen molar-refractivity contribution < 1.29 is 14.3 Å². The van der Waals surface area contributed by atoms with E-state index in [1.807, 2.05) is 45.0 Å². The molecule has 0 spiro atoms. The van der Waals surface area contributed by atoms with Crippen LogP contribution < -0.4 is 20.7 Å². The first-order chi connectivity index (χ1) is 13.9. The topological polar surface area (TPSA) is 79.5 Å². The van der Waals surface area contributed by atoms with Crippen molar-refractivity contribution in [2.45, 2.75) is 33.2 Å². The normalized spacial score (nSPS) is 11.3. The van der Waals surface area contributed by atoms with Gasteiger partial charge in [0.05, 0.1) is 6.54 Å². The molecular formula is C23H29N3O3. The molecule has 2 amide bonds. The van der Waals surface area contributed by atoms with Crippen LogP contribution in [-0.2, 0) is 4.79 Å². The minimum Gasteiger partial charge on any atom is -0.489 e. The minimum absolute atomic E-state index is 0.0996. The van der Waals surface area contributed by atoms with E-state index in [0.717, 1.165) is 23.4 Å². The summed E-state index contributed by atoms with van der Waals surface area (Å²) in [5.74, 6) is 0.394. The lowest BCUT2D eigenvalue weighted by Gasteiger charge is -2.12. The van der Waals surface area contributed by atoms with Gasteiger partial charge in [0.15, 0.2) is 0 Å². The quantitative estimate of drug-likeness (QED) is 0.526. The highest BCUT2D eigenvalue weighted by molar-refractivity contribution is 5.98. The molecule has 0 aromatic heterocycles. The highest BCUT2D eigenvalue weighted by Crippen LogP contribution is 2.16. The Morgan fingerprint density at radius 1 is 1.10 bits per heavy atom. The van der Waals surface area contributed by atoms with Gasteiger partial charge in [-0.05, 0) is 68.3 Å². The number of anilines is 2. The Morgan fingerprint density at radius 3 is 2.48 bits per heavy atom. The number of benzene rings is 2. The van der Waals surface area contributed by atoms with E-state index in [4.69, 9.17) is 4.74 Å². The summed E-state index contributed by atoms with van der Waals surface area (Å²) in [5, 5.41) is 8.78. The Hall–Kier alpha value is -3.28. The molecule has 2 aromatic rings. The fraction of sp³-hybridized carbons (Fsp3) is 0.304. The van der Waals surface area contributed by atoms with Gasteiger partial charge < -0.3 is 20.7 Å². The summed E-state index contributed by atoms with van der Waals surface area (Å²) < 4.78 is 5.55. The highest BCUT2D eigenvalue weighted by atomic mass is 16.5. The summed E-state index contributed by atoms with van der Waals surface area (Å²) in [5.41, 5.74) is 2.85. The molecule has 6 nitrogen and oxygen atoms in total. The van der Waals surface area contributed by atoms with Crippen LogP contribution in [0.5, 0.6) is 5.75 Å². The zero-order valence-corrected chi connectivity index (χ0v) is 17.2. The summed E-state index contributed by atoms with van der Waals surface area (Å²) in [6.45, 7) is 10.2. The fourth-order valence-electron chi connectivity index (χ4n) is 2.41. The van der Waals surface area contributed by atoms with Gasteiger partial charge >= 0.3 is 0 Å². The van der Waals surface area contributed by atoms with Gasteiger partial charge in [0.1, 0.15) is 12.4 Å². The molecule has 0 radical (unpaired) electrons. The summed E-state index contributed by atoms with van der Waals surface area (Å²) in [7, 11) is 0. The fourth-order valence-corrected chi connectivity index (χ4v) is 2.41. The molecule has 0 aliphatic heterocycles. The average Bonchev–Trinajstić information content (AvgIpc) is 2.71. The van der Waals surface area contributed by atoms with Crippen molar-refractivity contribution in [2.75, 3.05) is 23.8 Å². The van der Waals surface area contributed by atoms with Crippen molar-refractivity contribution in [3.8, 4) is 5.75 Å². The van der Waals surface area contributed by atoms with Crippen molar-refractivity contribution in [1.82, 2.24) is 5.32 Å². The van der Waals surface area contributed by atoms with Crippen LogP contribution >= 0.6 is 0 Å². The Kier molecular flexibility index (Phi) is 8.27. The molecular weight excluding hydrogens is 366 g/mol. The van der Waals surface area contributed by atoms with Gasteiger partial charge in [-0.2, -0.15) is 0 Å². The monoisotopic (exact) mass is 395 g/mol. The van der Waals surface area contributed by atoms with E-state index in [9.17, 15) is 9.59 Å². The Balaban J connectivity index is 1.85. The first-order valence-corrected chi connectivity index (χ1v) is 9.69. The number of amides is 2. The maximum absolute atomic E-state index is 12.2. The Morgan fingerprint density at radius 2 is 1.83 bits per heavy atom. The van der Waals surface area contributed by atoms with E-state index >= 15 is 0 Å². The van der Waals surface area contributed by atoms with Crippen molar-refractivity contribution >= 4 is 23.2 Å². The lowest BCUT2D eigenvalue weighted by atomic mass is 10.1. The molecule has 0 saturated carbocycles. The van der Waals surface area contributed by atoms with Crippen molar-refractivity contribution in [2.24, 2.45) is 0 Å². The molecule has 0 aliphatic carbocycles. The standard InChI is InChI=1S/C23H29N3O3/c1-5-17(4)25-23(28)18-7-6-8-20(13-18)26-22(27)14-24-19-9-11-21(12-10-19)29-15-16(2)3/h6-13,17,24H,2,5,14-15H2,1,3-4H3,(H,25,28)(H,26,27). The second-order valence-electron chi connectivity index (χ2n) is 7.04. The van der Waals surface area contributed by atoms with Gasteiger partial charge in [-0.25, -0.2) is 0 Å². The number of nitrogens with one attached hydrogen (secondary N) is 3. The van der Waals surface area contributed by atoms with Gasteiger partial charge in [-0.15, -0.1) is 0 Å². The van der Waals surface area contributed by atoms with E-state index in [-0.39, 0.29) is 24.4 Å². The van der Waals surface area contributed by atoms with Crippen LogP contribution in [0.3, 0.4) is 0 Å². The minimum atomic E-state index is -0.202. The first-order valence-electron chi connectivity index (χ1n) is 9.69. The molecule has 0 saturated heterocycles. The maximum Gasteiger partial charge on any atom is 0.251 e. The molecule has 154 valence electrons. The largest absolute Gasteiger partial charge is 0.489 e. The van der Waals surface area contributed by atoms with Gasteiger partial charge in [-0.3, -0.25) is 9.59 Å². The van der Waals surface area contributed by atoms with Crippen LogP contribution in [0.15, 0.2) is 60.7 Å². The number of hydrogen-bond acceptors (Lipinski definition) is 4. The Labute approximate surface area is 172 Å². The maximum atomic E-state index is 12.2. The molecule has 1 unspecified atom stereocenters. The van der Waals surface area contributed by atoms with E-state index in [1.165, 1.54) is 0 Å². The smallest absolute Gasteiger partial charge is 0.251 e. The average molecular weight is 396 g/mol. The van der Waals surface area contributed by atoms with E-state index < -0.39 is 0 Å². The number of hydrogen-bond donors (Lipinski definition) is 3. The predicted molar refractivity (Wildman–Crippen MR) is 118 cm³/mol. The molecule has 0 aliphatic rings. The second kappa shape index (κ2) is 10.9. The van der Waals surface area contributed by atoms with Crippen molar-refractivity contribution in [3.63, 3.8) is 0 Å². The molecule has 6 heteroatoms. The van der Waals surface area contributed by atoms with Gasteiger partial charge in [-0.1, -0.05) is 19.6 Å². The van der Waals surface area contributed by atoms with Crippen LogP contribution in [-0.4, -0.2) is 31.0 Å². The van der Waals surface area contributed by atoms with Crippen LogP contribution in [0.2, 0.25) is 0 Å². The van der Waals surface area contributed by atoms with Crippen molar-refractivity contribution in [1.29, 1.82) is 0 Å². The van der Waals surface area contributed by atoms with Crippen LogP contribution in [0, 0.1) is 0 Å². The van der Waals surface area contributed by atoms with Gasteiger partial charge in [0.25, 0.3) is 5.91 Å². The lowest BCUT2D eigenvalue weighted by Crippen LogP contribution is -2.32. The molecule has 0 bridgehead atoms. The molecule has 2 rings (SSSR count). The number of ether oxygens (including phenoxy) is 1. The highest BCUT2D eigenvalue weighted by Gasteiger charge is 2.10. The van der Waals surface area contributed by atoms with Crippen LogP contribution in [0.1, 0.15) is 37.6 Å². The van der Waals surface area contributed by atoms with E-state index in [1.54, 1.807) is 24.3 Å². The molecule has 0 fully saturated rings. The lowest BCUT2D eigenvalue weighted by molar-refractivity contribution is -0.114. The summed E-state index contributed by atoms with van der Waals surface area (Å²) in [6.07, 6.45) is 0.856. The van der Waals surface area contributed by atoms with E-state index in [2.05, 4.69) is 22.5 Å². The third kappa shape index (κ3) is 7.70. The zero-order valence-electron chi connectivity index (χ0n) is 17.2. The third-order valence-corrected chi connectivity index (χ3v) is 4.19. The second-order valence-corrected chi connectivity index (χ2v) is 7.04. The third-order valence-electron chi connectivity index (χ3n) is 4.19.